The lowest BCUT2D eigenvalue weighted by molar-refractivity contribution is 0.101. The summed E-state index contributed by atoms with van der Waals surface area (Å²) in [6, 6.07) is 12.1. The highest BCUT2D eigenvalue weighted by molar-refractivity contribution is 7.99. The number of hydrogen-bond donors (Lipinski definition) is 1. The van der Waals surface area contributed by atoms with Crippen LogP contribution < -0.4 is 0 Å². The van der Waals surface area contributed by atoms with Gasteiger partial charge >= 0.3 is 0 Å². The van der Waals surface area contributed by atoms with Crippen LogP contribution in [0.25, 0.3) is 11.4 Å². The van der Waals surface area contributed by atoms with Crippen molar-refractivity contribution >= 4 is 17.5 Å². The molecule has 5 nitrogen and oxygen atoms in total. The molecule has 0 radical (unpaired) electrons. The Morgan fingerprint density at radius 1 is 1.15 bits per heavy atom. The molecule has 3 aromatic rings. The molecule has 2 heterocycles. The van der Waals surface area contributed by atoms with Gasteiger partial charge in [0.1, 0.15) is 0 Å². The Labute approximate surface area is 158 Å². The number of nitrogens with zero attached hydrogens (tertiary/aromatic N) is 3. The van der Waals surface area contributed by atoms with Crippen LogP contribution in [-0.2, 0) is 12.0 Å². The molecule has 26 heavy (non-hydrogen) atoms. The molecule has 1 aromatic carbocycles. The summed E-state index contributed by atoms with van der Waals surface area (Å²) in [6.07, 6.45) is 1.76. The molecule has 0 fully saturated rings. The molecule has 6 heteroatoms. The molecule has 2 aromatic heterocycles. The van der Waals surface area contributed by atoms with Crippen molar-refractivity contribution in [2.45, 2.75) is 44.8 Å². The maximum atomic E-state index is 12.2. The van der Waals surface area contributed by atoms with Gasteiger partial charge in [-0.15, -0.1) is 10.2 Å². The average molecular weight is 369 g/mol. The van der Waals surface area contributed by atoms with Crippen LogP contribution >= 0.6 is 11.8 Å². The zero-order chi connectivity index (χ0) is 18.7. The van der Waals surface area contributed by atoms with E-state index in [4.69, 9.17) is 0 Å². The monoisotopic (exact) mass is 368 g/mol. The van der Waals surface area contributed by atoms with Crippen molar-refractivity contribution in [1.82, 2.24) is 19.7 Å². The second-order valence-corrected chi connectivity index (χ2v) is 8.12. The first-order valence-electron chi connectivity index (χ1n) is 8.73. The lowest BCUT2D eigenvalue weighted by Crippen LogP contribution is -2.10. The summed E-state index contributed by atoms with van der Waals surface area (Å²) in [5.41, 5.74) is 3.07. The molecule has 0 aliphatic carbocycles. The third-order valence-electron chi connectivity index (χ3n) is 4.27. The standard InChI is InChI=1S/C20H24N4OS/c1-5-24-18(14-8-10-15(11-9-14)20(2,3)4)22-23-19(24)26-13-17(25)16-7-6-12-21-16/h6-12,21H,5,13H2,1-4H3. The zero-order valence-electron chi connectivity index (χ0n) is 15.6. The highest BCUT2D eigenvalue weighted by Gasteiger charge is 2.17. The van der Waals surface area contributed by atoms with Gasteiger partial charge in [0, 0.05) is 18.3 Å². The number of ketones is 1. The quantitative estimate of drug-likeness (QED) is 0.511. The smallest absolute Gasteiger partial charge is 0.191 e. The van der Waals surface area contributed by atoms with Crippen LogP contribution in [0.4, 0.5) is 0 Å². The number of aromatic nitrogens is 4. The van der Waals surface area contributed by atoms with Gasteiger partial charge in [0.25, 0.3) is 0 Å². The van der Waals surface area contributed by atoms with E-state index in [1.54, 1.807) is 12.3 Å². The molecule has 136 valence electrons. The zero-order valence-corrected chi connectivity index (χ0v) is 16.4. The maximum absolute atomic E-state index is 12.2. The Hall–Kier alpha value is -2.34. The Bertz CT molecular complexity index is 874. The van der Waals surface area contributed by atoms with E-state index >= 15 is 0 Å². The van der Waals surface area contributed by atoms with Gasteiger partial charge < -0.3 is 9.55 Å². The van der Waals surface area contributed by atoms with Gasteiger partial charge in [0.2, 0.25) is 0 Å². The topological polar surface area (TPSA) is 63.6 Å². The summed E-state index contributed by atoms with van der Waals surface area (Å²) in [5, 5.41) is 9.43. The van der Waals surface area contributed by atoms with Crippen LogP contribution in [0, 0.1) is 0 Å². The third-order valence-corrected chi connectivity index (χ3v) is 5.24. The summed E-state index contributed by atoms with van der Waals surface area (Å²) in [5.74, 6) is 1.23. The van der Waals surface area contributed by atoms with Crippen molar-refractivity contribution in [1.29, 1.82) is 0 Å². The van der Waals surface area contributed by atoms with E-state index in [-0.39, 0.29) is 11.2 Å². The highest BCUT2D eigenvalue weighted by atomic mass is 32.2. The first-order valence-corrected chi connectivity index (χ1v) is 9.72. The second kappa shape index (κ2) is 7.50. The average Bonchev–Trinajstić information content (AvgIpc) is 3.28. The predicted molar refractivity (Wildman–Crippen MR) is 106 cm³/mol. The molecule has 0 aliphatic heterocycles. The number of benzene rings is 1. The number of rotatable bonds is 6. The van der Waals surface area contributed by atoms with E-state index in [0.717, 1.165) is 23.1 Å². The Morgan fingerprint density at radius 2 is 1.88 bits per heavy atom. The minimum Gasteiger partial charge on any atom is -0.359 e. The van der Waals surface area contributed by atoms with E-state index in [2.05, 4.69) is 71.7 Å². The van der Waals surface area contributed by atoms with Crippen LogP contribution in [0.5, 0.6) is 0 Å². The van der Waals surface area contributed by atoms with Gasteiger partial charge in [-0.2, -0.15) is 0 Å². The fraction of sp³-hybridized carbons (Fsp3) is 0.350. The first kappa shape index (κ1) is 18.5. The summed E-state index contributed by atoms with van der Waals surface area (Å²) in [6.45, 7) is 9.42. The van der Waals surface area contributed by atoms with E-state index < -0.39 is 0 Å². The van der Waals surface area contributed by atoms with Gasteiger partial charge in [-0.1, -0.05) is 56.8 Å². The summed E-state index contributed by atoms with van der Waals surface area (Å²) < 4.78 is 2.05. The van der Waals surface area contributed by atoms with E-state index in [9.17, 15) is 4.79 Å². The maximum Gasteiger partial charge on any atom is 0.191 e. The molecule has 0 aliphatic rings. The lowest BCUT2D eigenvalue weighted by atomic mass is 9.87. The number of aromatic amines is 1. The molecular formula is C20H24N4OS. The van der Waals surface area contributed by atoms with E-state index in [1.807, 2.05) is 6.07 Å². The number of hydrogen-bond acceptors (Lipinski definition) is 4. The molecule has 0 amide bonds. The molecule has 0 atom stereocenters. The second-order valence-electron chi connectivity index (χ2n) is 7.17. The SMILES string of the molecule is CCn1c(SCC(=O)c2ccc[nH]2)nnc1-c1ccc(C(C)(C)C)cc1. The summed E-state index contributed by atoms with van der Waals surface area (Å²) >= 11 is 1.42. The van der Waals surface area contributed by atoms with Gasteiger partial charge in [-0.3, -0.25) is 4.79 Å². The van der Waals surface area contributed by atoms with Crippen molar-refractivity contribution in [3.05, 3.63) is 53.9 Å². The van der Waals surface area contributed by atoms with Crippen molar-refractivity contribution < 1.29 is 4.79 Å². The summed E-state index contributed by atoms with van der Waals surface area (Å²) in [4.78, 5) is 15.1. The van der Waals surface area contributed by atoms with Crippen molar-refractivity contribution in [3.8, 4) is 11.4 Å². The molecule has 0 bridgehead atoms. The highest BCUT2D eigenvalue weighted by Crippen LogP contribution is 2.27. The molecule has 0 unspecified atom stereocenters. The fourth-order valence-corrected chi connectivity index (χ4v) is 3.61. The lowest BCUT2D eigenvalue weighted by Gasteiger charge is -2.19. The molecule has 1 N–H and O–H groups in total. The van der Waals surface area contributed by atoms with Gasteiger partial charge in [-0.05, 0) is 30.0 Å². The molecule has 0 spiro atoms. The van der Waals surface area contributed by atoms with Gasteiger partial charge in [0.15, 0.2) is 16.8 Å². The van der Waals surface area contributed by atoms with Crippen LogP contribution in [-0.4, -0.2) is 31.3 Å². The van der Waals surface area contributed by atoms with Crippen LogP contribution in [0.15, 0.2) is 47.8 Å². The van der Waals surface area contributed by atoms with Crippen molar-refractivity contribution in [2.24, 2.45) is 0 Å². The van der Waals surface area contributed by atoms with E-state index in [1.165, 1.54) is 17.3 Å². The van der Waals surface area contributed by atoms with Crippen molar-refractivity contribution in [2.75, 3.05) is 5.75 Å². The molecular weight excluding hydrogens is 344 g/mol. The van der Waals surface area contributed by atoms with Crippen LogP contribution in [0.3, 0.4) is 0 Å². The molecule has 3 rings (SSSR count). The largest absolute Gasteiger partial charge is 0.359 e. The number of nitrogens with one attached hydrogen (secondary N) is 1. The number of H-pyrrole nitrogens is 1. The van der Waals surface area contributed by atoms with E-state index in [0.29, 0.717) is 11.4 Å². The number of carbonyl (C=O) groups is 1. The number of thioether (sulfide) groups is 1. The fourth-order valence-electron chi connectivity index (χ4n) is 2.73. The van der Waals surface area contributed by atoms with Gasteiger partial charge in [-0.25, -0.2) is 0 Å². The minimum atomic E-state index is 0.0572. The molecule has 0 saturated carbocycles. The van der Waals surface area contributed by atoms with Crippen LogP contribution in [0.2, 0.25) is 0 Å². The predicted octanol–water partition coefficient (Wildman–Crippen LogP) is 4.57. The van der Waals surface area contributed by atoms with Gasteiger partial charge in [0.05, 0.1) is 11.4 Å². The van der Waals surface area contributed by atoms with Crippen LogP contribution in [0.1, 0.15) is 43.7 Å². The summed E-state index contributed by atoms with van der Waals surface area (Å²) in [7, 11) is 0. The number of carbonyl (C=O) groups excluding carboxylic acids is 1. The Balaban J connectivity index is 1.78. The molecule has 0 saturated heterocycles. The first-order chi connectivity index (χ1) is 12.4. The Morgan fingerprint density at radius 3 is 2.46 bits per heavy atom. The minimum absolute atomic E-state index is 0.0572. The van der Waals surface area contributed by atoms with Crippen molar-refractivity contribution in [3.63, 3.8) is 0 Å². The number of Topliss-reactive ketones (excluding diaryl/α,β-unsaturated/α-hetero) is 1. The third kappa shape index (κ3) is 3.90. The Kier molecular flexibility index (Phi) is 5.32. The normalized spacial score (nSPS) is 11.7.